The monoisotopic (exact) mass is 250 g/mol. The van der Waals surface area contributed by atoms with Gasteiger partial charge in [0, 0.05) is 11.6 Å². The highest BCUT2D eigenvalue weighted by Gasteiger charge is 2.14. The third kappa shape index (κ3) is 2.10. The van der Waals surface area contributed by atoms with E-state index in [1.807, 2.05) is 13.8 Å². The van der Waals surface area contributed by atoms with E-state index in [2.05, 4.69) is 17.8 Å². The van der Waals surface area contributed by atoms with Crippen LogP contribution in [0.25, 0.3) is 11.3 Å². The van der Waals surface area contributed by atoms with Crippen molar-refractivity contribution in [3.63, 3.8) is 0 Å². The van der Waals surface area contributed by atoms with Crippen LogP contribution in [0.5, 0.6) is 11.5 Å². The summed E-state index contributed by atoms with van der Waals surface area (Å²) in [5.41, 5.74) is 2.08. The lowest BCUT2D eigenvalue weighted by Gasteiger charge is -2.12. The zero-order valence-electron chi connectivity index (χ0n) is 9.62. The molecule has 2 N–H and O–H groups in total. The van der Waals surface area contributed by atoms with E-state index in [9.17, 15) is 10.2 Å². The number of imidazole rings is 1. The van der Waals surface area contributed by atoms with Gasteiger partial charge in [-0.25, -0.2) is 4.98 Å². The van der Waals surface area contributed by atoms with Gasteiger partial charge in [0.2, 0.25) is 0 Å². The van der Waals surface area contributed by atoms with Crippen LogP contribution < -0.4 is 0 Å². The number of aromatic hydroxyl groups is 2. The molecular weight excluding hydrogens is 236 g/mol. The molecule has 0 unspecified atom stereocenters. The minimum atomic E-state index is 0.0164. The number of benzene rings is 1. The van der Waals surface area contributed by atoms with Crippen LogP contribution in [0.3, 0.4) is 0 Å². The SMILES string of the molecule is CC(C)c1cc(-c2cncn2S)c(O)cc1O. The van der Waals surface area contributed by atoms with Gasteiger partial charge in [0.25, 0.3) is 0 Å². The van der Waals surface area contributed by atoms with Gasteiger partial charge in [0.05, 0.1) is 11.9 Å². The molecule has 2 rings (SSSR count). The molecule has 1 heterocycles. The molecule has 0 fully saturated rings. The second-order valence-corrected chi connectivity index (χ2v) is 4.64. The lowest BCUT2D eigenvalue weighted by Crippen LogP contribution is -1.92. The molecule has 0 radical (unpaired) electrons. The van der Waals surface area contributed by atoms with Crippen molar-refractivity contribution in [2.45, 2.75) is 19.8 Å². The summed E-state index contributed by atoms with van der Waals surface area (Å²) in [6.07, 6.45) is 3.16. The third-order valence-corrected chi connectivity index (χ3v) is 2.98. The van der Waals surface area contributed by atoms with E-state index in [1.54, 1.807) is 18.6 Å². The Morgan fingerprint density at radius 3 is 2.47 bits per heavy atom. The van der Waals surface area contributed by atoms with Gasteiger partial charge in [-0.05, 0) is 17.5 Å². The van der Waals surface area contributed by atoms with E-state index in [0.29, 0.717) is 11.3 Å². The summed E-state index contributed by atoms with van der Waals surface area (Å²) in [7, 11) is 0. The maximum atomic E-state index is 9.86. The highest BCUT2D eigenvalue weighted by molar-refractivity contribution is 7.78. The van der Waals surface area contributed by atoms with Crippen molar-refractivity contribution in [3.8, 4) is 22.8 Å². The van der Waals surface area contributed by atoms with Crippen molar-refractivity contribution >= 4 is 12.8 Å². The minimum Gasteiger partial charge on any atom is -0.508 e. The van der Waals surface area contributed by atoms with Gasteiger partial charge in [-0.1, -0.05) is 26.7 Å². The lowest BCUT2D eigenvalue weighted by atomic mass is 9.98. The Morgan fingerprint density at radius 2 is 1.94 bits per heavy atom. The summed E-state index contributed by atoms with van der Waals surface area (Å²) in [5.74, 6) is 0.291. The smallest absolute Gasteiger partial charge is 0.128 e. The Balaban J connectivity index is 2.63. The summed E-state index contributed by atoms with van der Waals surface area (Å²) in [5, 5.41) is 19.6. The number of aromatic nitrogens is 2. The molecule has 1 aromatic heterocycles. The quantitative estimate of drug-likeness (QED) is 0.718. The molecule has 0 atom stereocenters. The predicted octanol–water partition coefficient (Wildman–Crippen LogP) is 2.78. The zero-order chi connectivity index (χ0) is 12.6. The van der Waals surface area contributed by atoms with E-state index in [0.717, 1.165) is 5.56 Å². The van der Waals surface area contributed by atoms with E-state index in [4.69, 9.17) is 0 Å². The van der Waals surface area contributed by atoms with Gasteiger partial charge in [-0.15, -0.1) is 0 Å². The van der Waals surface area contributed by atoms with Gasteiger partial charge >= 0.3 is 0 Å². The molecule has 5 heteroatoms. The molecule has 0 spiro atoms. The third-order valence-electron chi connectivity index (χ3n) is 2.66. The number of phenols is 2. The highest BCUT2D eigenvalue weighted by atomic mass is 32.1. The number of nitrogens with zero attached hydrogens (tertiary/aromatic N) is 2. The first-order valence-electron chi connectivity index (χ1n) is 5.28. The number of phenolic OH excluding ortho intramolecular Hbond substituents is 2. The first-order chi connectivity index (χ1) is 8.00. The molecule has 90 valence electrons. The van der Waals surface area contributed by atoms with Crippen LogP contribution >= 0.6 is 12.8 Å². The van der Waals surface area contributed by atoms with Crippen molar-refractivity contribution in [1.82, 2.24) is 8.96 Å². The van der Waals surface area contributed by atoms with Crippen LogP contribution in [0.1, 0.15) is 25.3 Å². The highest BCUT2D eigenvalue weighted by Crippen LogP contribution is 2.37. The van der Waals surface area contributed by atoms with Crippen LogP contribution in [0.4, 0.5) is 0 Å². The Morgan fingerprint density at radius 1 is 1.24 bits per heavy atom. The molecule has 4 nitrogen and oxygen atoms in total. The fraction of sp³-hybridized carbons (Fsp3) is 0.250. The summed E-state index contributed by atoms with van der Waals surface area (Å²) >= 11 is 4.20. The average molecular weight is 250 g/mol. The molecule has 0 amide bonds. The summed E-state index contributed by atoms with van der Waals surface area (Å²) in [6, 6.07) is 3.12. The predicted molar refractivity (Wildman–Crippen MR) is 69.5 cm³/mol. The molecular formula is C12H14N2O2S. The van der Waals surface area contributed by atoms with Gasteiger partial charge in [-0.2, -0.15) is 0 Å². The van der Waals surface area contributed by atoms with E-state index in [1.165, 1.54) is 10.0 Å². The fourth-order valence-electron chi connectivity index (χ4n) is 1.74. The maximum Gasteiger partial charge on any atom is 0.128 e. The molecule has 0 saturated carbocycles. The number of hydrogen-bond donors (Lipinski definition) is 3. The Hall–Kier alpha value is -1.62. The van der Waals surface area contributed by atoms with E-state index >= 15 is 0 Å². The first-order valence-corrected chi connectivity index (χ1v) is 5.68. The van der Waals surface area contributed by atoms with Crippen molar-refractivity contribution in [2.24, 2.45) is 0 Å². The van der Waals surface area contributed by atoms with Crippen LogP contribution in [0.15, 0.2) is 24.7 Å². The molecule has 0 aliphatic rings. The van der Waals surface area contributed by atoms with Crippen molar-refractivity contribution in [3.05, 3.63) is 30.2 Å². The van der Waals surface area contributed by atoms with Crippen molar-refractivity contribution in [2.75, 3.05) is 0 Å². The van der Waals surface area contributed by atoms with Crippen LogP contribution in [-0.2, 0) is 0 Å². The fourth-order valence-corrected chi connectivity index (χ4v) is 1.96. The van der Waals surface area contributed by atoms with Crippen LogP contribution in [0, 0.1) is 0 Å². The molecule has 1 aromatic carbocycles. The average Bonchev–Trinajstić information content (AvgIpc) is 2.64. The molecule has 0 aliphatic heterocycles. The molecule has 2 aromatic rings. The van der Waals surface area contributed by atoms with Crippen LogP contribution in [0.2, 0.25) is 0 Å². The van der Waals surface area contributed by atoms with E-state index in [-0.39, 0.29) is 17.4 Å². The van der Waals surface area contributed by atoms with Gasteiger partial charge in [0.1, 0.15) is 17.8 Å². The normalized spacial score (nSPS) is 11.1. The van der Waals surface area contributed by atoms with Crippen LogP contribution in [-0.4, -0.2) is 19.2 Å². The standard InChI is InChI=1S/C12H14N2O2S/c1-7(2)8-3-9(12(16)4-11(8)15)10-5-13-6-14(10)17/h3-7,15-17H,1-2H3. The van der Waals surface area contributed by atoms with Crippen molar-refractivity contribution < 1.29 is 10.2 Å². The second kappa shape index (κ2) is 4.33. The van der Waals surface area contributed by atoms with Gasteiger partial charge in [-0.3, -0.25) is 3.97 Å². The Labute approximate surface area is 105 Å². The molecule has 0 aliphatic carbocycles. The Kier molecular flexibility index (Phi) is 3.02. The number of thiol groups is 1. The lowest BCUT2D eigenvalue weighted by molar-refractivity contribution is 0.445. The molecule has 17 heavy (non-hydrogen) atoms. The van der Waals surface area contributed by atoms with Crippen molar-refractivity contribution in [1.29, 1.82) is 0 Å². The first kappa shape index (κ1) is 11.9. The van der Waals surface area contributed by atoms with Gasteiger partial charge < -0.3 is 10.2 Å². The summed E-state index contributed by atoms with van der Waals surface area (Å²) < 4.78 is 1.52. The zero-order valence-corrected chi connectivity index (χ0v) is 10.5. The summed E-state index contributed by atoms with van der Waals surface area (Å²) in [6.45, 7) is 3.96. The van der Waals surface area contributed by atoms with E-state index < -0.39 is 0 Å². The second-order valence-electron chi connectivity index (χ2n) is 4.21. The minimum absolute atomic E-state index is 0.0164. The number of rotatable bonds is 2. The largest absolute Gasteiger partial charge is 0.508 e. The maximum absolute atomic E-state index is 9.86. The number of hydrogen-bond acceptors (Lipinski definition) is 4. The molecule has 0 saturated heterocycles. The Bertz CT molecular complexity index is 549. The van der Waals surface area contributed by atoms with Gasteiger partial charge in [0.15, 0.2) is 0 Å². The molecule has 0 bridgehead atoms. The topological polar surface area (TPSA) is 58.3 Å². The summed E-state index contributed by atoms with van der Waals surface area (Å²) in [4.78, 5) is 3.95.